The maximum atomic E-state index is 12.3. The average molecular weight is 151 g/mol. The summed E-state index contributed by atoms with van der Waals surface area (Å²) < 4.78 is 24.5. The summed E-state index contributed by atoms with van der Waals surface area (Å²) >= 11 is 0. The first-order valence-electron chi connectivity index (χ1n) is 2.80. The Morgan fingerprint density at radius 2 is 1.90 bits per heavy atom. The molecule has 0 aliphatic carbocycles. The molecule has 5 heteroatoms. The van der Waals surface area contributed by atoms with Crippen molar-refractivity contribution in [2.75, 3.05) is 0 Å². The summed E-state index contributed by atoms with van der Waals surface area (Å²) in [5.74, 6) is -3.17. The second-order valence-electron chi connectivity index (χ2n) is 2.19. The summed E-state index contributed by atoms with van der Waals surface area (Å²) in [5.41, 5.74) is 9.77. The highest BCUT2D eigenvalue weighted by molar-refractivity contribution is 5.75. The molecule has 0 aliphatic rings. The van der Waals surface area contributed by atoms with Crippen molar-refractivity contribution < 1.29 is 8.78 Å². The number of nitrogens with zero attached hydrogens (tertiary/aromatic N) is 1. The Balaban J connectivity index is 4.11. The third-order valence-corrected chi connectivity index (χ3v) is 1.08. The Morgan fingerprint density at radius 3 is 2.00 bits per heavy atom. The molecule has 4 N–H and O–H groups in total. The lowest BCUT2D eigenvalue weighted by Crippen LogP contribution is -2.31. The summed E-state index contributed by atoms with van der Waals surface area (Å²) in [6.07, 6.45) is 0. The minimum absolute atomic E-state index is 0.311. The fourth-order valence-corrected chi connectivity index (χ4v) is 0.337. The lowest BCUT2D eigenvalue weighted by molar-refractivity contribution is 0.00127. The Bertz CT molecular complexity index is 134. The highest BCUT2D eigenvalue weighted by Gasteiger charge is 2.29. The van der Waals surface area contributed by atoms with Crippen LogP contribution in [0, 0.1) is 0 Å². The lowest BCUT2D eigenvalue weighted by Gasteiger charge is -2.14. The maximum Gasteiger partial charge on any atom is 0.267 e. The number of guanidine groups is 1. The van der Waals surface area contributed by atoms with Crippen molar-refractivity contribution in [1.82, 2.24) is 0 Å². The smallest absolute Gasteiger partial charge is 0.267 e. The molecule has 0 radical (unpaired) electrons. The van der Waals surface area contributed by atoms with Crippen LogP contribution < -0.4 is 11.5 Å². The largest absolute Gasteiger partial charge is 0.370 e. The molecule has 60 valence electrons. The summed E-state index contributed by atoms with van der Waals surface area (Å²) in [7, 11) is 0. The van der Waals surface area contributed by atoms with E-state index in [1.54, 1.807) is 0 Å². The van der Waals surface area contributed by atoms with Gasteiger partial charge in [0.25, 0.3) is 5.92 Å². The number of alkyl halides is 2. The Labute approximate surface area is 58.1 Å². The van der Waals surface area contributed by atoms with Gasteiger partial charge in [-0.15, -0.1) is 0 Å². The fourth-order valence-electron chi connectivity index (χ4n) is 0.337. The van der Waals surface area contributed by atoms with E-state index < -0.39 is 12.0 Å². The molecule has 10 heavy (non-hydrogen) atoms. The van der Waals surface area contributed by atoms with Gasteiger partial charge >= 0.3 is 0 Å². The van der Waals surface area contributed by atoms with Crippen LogP contribution in [-0.4, -0.2) is 17.9 Å². The molecular weight excluding hydrogens is 140 g/mol. The van der Waals surface area contributed by atoms with Crippen LogP contribution in [0.2, 0.25) is 0 Å². The van der Waals surface area contributed by atoms with Crippen molar-refractivity contribution in [3.05, 3.63) is 0 Å². The van der Waals surface area contributed by atoms with Gasteiger partial charge in [-0.1, -0.05) is 0 Å². The molecule has 0 rings (SSSR count). The van der Waals surface area contributed by atoms with E-state index in [0.29, 0.717) is 0 Å². The first kappa shape index (κ1) is 9.13. The molecule has 0 spiro atoms. The standard InChI is InChI=1S/C5H11F2N3/c1-3(5(2,6)7)10-4(8)9/h3H,1-2H3,(H4,8,9,10). The van der Waals surface area contributed by atoms with Gasteiger partial charge in [-0.25, -0.2) is 13.8 Å². The van der Waals surface area contributed by atoms with E-state index >= 15 is 0 Å². The molecule has 1 unspecified atom stereocenters. The van der Waals surface area contributed by atoms with E-state index in [-0.39, 0.29) is 5.96 Å². The molecule has 3 nitrogen and oxygen atoms in total. The zero-order valence-electron chi connectivity index (χ0n) is 5.94. The van der Waals surface area contributed by atoms with Crippen molar-refractivity contribution in [1.29, 1.82) is 0 Å². The number of hydrogen-bond donors (Lipinski definition) is 2. The topological polar surface area (TPSA) is 64.4 Å². The van der Waals surface area contributed by atoms with Crippen LogP contribution >= 0.6 is 0 Å². The summed E-state index contributed by atoms with van der Waals surface area (Å²) in [6, 6.07) is -1.16. The van der Waals surface area contributed by atoms with Gasteiger partial charge in [0.05, 0.1) is 0 Å². The third-order valence-electron chi connectivity index (χ3n) is 1.08. The molecule has 0 bridgehead atoms. The van der Waals surface area contributed by atoms with Crippen LogP contribution in [0.1, 0.15) is 13.8 Å². The highest BCUT2D eigenvalue weighted by atomic mass is 19.3. The molecular formula is C5H11F2N3. The van der Waals surface area contributed by atoms with Crippen molar-refractivity contribution >= 4 is 5.96 Å². The first-order chi connectivity index (χ1) is 4.34. The van der Waals surface area contributed by atoms with E-state index in [1.165, 1.54) is 6.92 Å². The van der Waals surface area contributed by atoms with Crippen molar-refractivity contribution in [3.8, 4) is 0 Å². The number of aliphatic imine (C=N–C) groups is 1. The van der Waals surface area contributed by atoms with Crippen molar-refractivity contribution in [2.45, 2.75) is 25.8 Å². The number of halogens is 2. The van der Waals surface area contributed by atoms with Gasteiger partial charge in [0.2, 0.25) is 0 Å². The van der Waals surface area contributed by atoms with Crippen LogP contribution in [-0.2, 0) is 0 Å². The zero-order chi connectivity index (χ0) is 8.36. The molecule has 0 heterocycles. The molecule has 0 aromatic heterocycles. The van der Waals surface area contributed by atoms with Gasteiger partial charge in [-0.2, -0.15) is 0 Å². The van der Waals surface area contributed by atoms with E-state index in [0.717, 1.165) is 6.92 Å². The second kappa shape index (κ2) is 2.81. The maximum absolute atomic E-state index is 12.3. The number of nitrogens with two attached hydrogens (primary N) is 2. The van der Waals surface area contributed by atoms with E-state index in [4.69, 9.17) is 11.5 Å². The minimum Gasteiger partial charge on any atom is -0.370 e. The minimum atomic E-state index is -2.86. The van der Waals surface area contributed by atoms with Gasteiger partial charge in [0.1, 0.15) is 6.04 Å². The summed E-state index contributed by atoms with van der Waals surface area (Å²) in [4.78, 5) is 3.27. The fraction of sp³-hybridized carbons (Fsp3) is 0.800. The van der Waals surface area contributed by atoms with Crippen LogP contribution in [0.3, 0.4) is 0 Å². The van der Waals surface area contributed by atoms with Gasteiger partial charge < -0.3 is 11.5 Å². The molecule has 0 aliphatic heterocycles. The quantitative estimate of drug-likeness (QED) is 0.440. The summed E-state index contributed by atoms with van der Waals surface area (Å²) in [5, 5.41) is 0. The van der Waals surface area contributed by atoms with Crippen LogP contribution in [0.15, 0.2) is 4.99 Å². The van der Waals surface area contributed by atoms with Crippen LogP contribution in [0.25, 0.3) is 0 Å². The molecule has 0 amide bonds. The zero-order valence-corrected chi connectivity index (χ0v) is 5.94. The lowest BCUT2D eigenvalue weighted by atomic mass is 10.2. The van der Waals surface area contributed by atoms with Gasteiger partial charge in [0, 0.05) is 6.92 Å². The van der Waals surface area contributed by atoms with Crippen LogP contribution in [0.5, 0.6) is 0 Å². The third kappa shape index (κ3) is 3.21. The molecule has 0 aromatic rings. The average Bonchev–Trinajstić information content (AvgIpc) is 1.60. The molecule has 0 aromatic carbocycles. The first-order valence-corrected chi connectivity index (χ1v) is 2.80. The highest BCUT2D eigenvalue weighted by Crippen LogP contribution is 2.19. The summed E-state index contributed by atoms with van der Waals surface area (Å²) in [6.45, 7) is 2.02. The SMILES string of the molecule is CC(N=C(N)N)C(C)(F)F. The van der Waals surface area contributed by atoms with Gasteiger partial charge in [0.15, 0.2) is 5.96 Å². The molecule has 0 fully saturated rings. The molecule has 0 saturated carbocycles. The number of rotatable bonds is 2. The van der Waals surface area contributed by atoms with Crippen LogP contribution in [0.4, 0.5) is 8.78 Å². The number of hydrogen-bond acceptors (Lipinski definition) is 1. The normalized spacial score (nSPS) is 14.4. The van der Waals surface area contributed by atoms with Gasteiger partial charge in [-0.3, -0.25) is 0 Å². The predicted molar refractivity (Wildman–Crippen MR) is 35.9 cm³/mol. The monoisotopic (exact) mass is 151 g/mol. The molecule has 1 atom stereocenters. The Hall–Kier alpha value is -0.870. The van der Waals surface area contributed by atoms with E-state index in [2.05, 4.69) is 4.99 Å². The predicted octanol–water partition coefficient (Wildman–Crippen LogP) is 0.304. The molecule has 0 saturated heterocycles. The van der Waals surface area contributed by atoms with E-state index in [9.17, 15) is 8.78 Å². The Kier molecular flexibility index (Phi) is 2.56. The Morgan fingerprint density at radius 1 is 1.50 bits per heavy atom. The van der Waals surface area contributed by atoms with Crippen molar-refractivity contribution in [3.63, 3.8) is 0 Å². The van der Waals surface area contributed by atoms with Crippen molar-refractivity contribution in [2.24, 2.45) is 16.5 Å². The second-order valence-corrected chi connectivity index (χ2v) is 2.19. The van der Waals surface area contributed by atoms with E-state index in [1.807, 2.05) is 0 Å². The van der Waals surface area contributed by atoms with Gasteiger partial charge in [-0.05, 0) is 6.92 Å².